The lowest BCUT2D eigenvalue weighted by atomic mass is 9.98. The summed E-state index contributed by atoms with van der Waals surface area (Å²) in [6.07, 6.45) is 1.19. The Morgan fingerprint density at radius 2 is 2.19 bits per heavy atom. The largest absolute Gasteiger partial charge is 0.494 e. The van der Waals surface area contributed by atoms with Crippen molar-refractivity contribution in [2.24, 2.45) is 5.84 Å². The van der Waals surface area contributed by atoms with Crippen LogP contribution in [0.2, 0.25) is 0 Å². The lowest BCUT2D eigenvalue weighted by molar-refractivity contribution is 0.178. The number of hydrazine groups is 1. The molecule has 1 aromatic rings. The van der Waals surface area contributed by atoms with Crippen LogP contribution >= 0.6 is 0 Å². The van der Waals surface area contributed by atoms with Crippen molar-refractivity contribution < 1.29 is 4.74 Å². The topological polar surface area (TPSA) is 53.8 Å². The van der Waals surface area contributed by atoms with Crippen LogP contribution in [0.5, 0.6) is 5.75 Å². The monoisotopic (exact) mass is 292 g/mol. The van der Waals surface area contributed by atoms with Gasteiger partial charge in [0.1, 0.15) is 5.75 Å². The molecule has 1 saturated heterocycles. The van der Waals surface area contributed by atoms with Crippen LogP contribution in [0.25, 0.3) is 0 Å². The second-order valence-corrected chi connectivity index (χ2v) is 5.81. The number of nitrogens with one attached hydrogen (secondary N) is 1. The average Bonchev–Trinajstić information content (AvgIpc) is 2.63. The van der Waals surface area contributed by atoms with E-state index in [2.05, 4.69) is 41.5 Å². The van der Waals surface area contributed by atoms with Gasteiger partial charge in [0.05, 0.1) is 12.6 Å². The fourth-order valence-electron chi connectivity index (χ4n) is 3.06. The average molecular weight is 292 g/mol. The van der Waals surface area contributed by atoms with E-state index in [0.29, 0.717) is 12.6 Å². The Balaban J connectivity index is 2.22. The maximum absolute atomic E-state index is 5.88. The molecule has 1 aliphatic heterocycles. The second-order valence-electron chi connectivity index (χ2n) is 5.81. The van der Waals surface area contributed by atoms with Crippen LogP contribution in [0.1, 0.15) is 24.9 Å². The molecule has 0 amide bonds. The Labute approximate surface area is 128 Å². The Hall–Kier alpha value is -1.14. The second kappa shape index (κ2) is 7.75. The van der Waals surface area contributed by atoms with E-state index in [9.17, 15) is 0 Å². The van der Waals surface area contributed by atoms with Crippen LogP contribution in [-0.2, 0) is 0 Å². The standard InChI is InChI=1S/C16H28N4O/c1-4-21-14-8-5-7-13(11-14)16(18-17)15-12-19(2)9-6-10-20(15)3/h5,7-8,11,15-16,18H,4,6,9-10,12,17H2,1-3H3. The Kier molecular flexibility index (Phi) is 5.99. The first-order valence-electron chi connectivity index (χ1n) is 7.73. The van der Waals surface area contributed by atoms with Crippen molar-refractivity contribution in [2.75, 3.05) is 40.3 Å². The molecule has 2 unspecified atom stereocenters. The third-order valence-corrected chi connectivity index (χ3v) is 4.21. The number of nitrogens with zero attached hydrogens (tertiary/aromatic N) is 2. The maximum atomic E-state index is 5.88. The zero-order chi connectivity index (χ0) is 15.2. The van der Waals surface area contributed by atoms with Crippen molar-refractivity contribution in [3.8, 4) is 5.75 Å². The number of benzene rings is 1. The molecule has 1 heterocycles. The van der Waals surface area contributed by atoms with E-state index >= 15 is 0 Å². The van der Waals surface area contributed by atoms with Crippen molar-refractivity contribution in [2.45, 2.75) is 25.4 Å². The molecule has 0 radical (unpaired) electrons. The highest BCUT2D eigenvalue weighted by Gasteiger charge is 2.29. The lowest BCUT2D eigenvalue weighted by Gasteiger charge is -2.34. The molecule has 0 saturated carbocycles. The molecule has 0 spiro atoms. The van der Waals surface area contributed by atoms with Gasteiger partial charge in [0.2, 0.25) is 0 Å². The smallest absolute Gasteiger partial charge is 0.119 e. The molecule has 0 bridgehead atoms. The van der Waals surface area contributed by atoms with Crippen molar-refractivity contribution >= 4 is 0 Å². The van der Waals surface area contributed by atoms with Gasteiger partial charge in [-0.25, -0.2) is 0 Å². The Bertz CT molecular complexity index is 440. The quantitative estimate of drug-likeness (QED) is 0.631. The van der Waals surface area contributed by atoms with Gasteiger partial charge in [0.15, 0.2) is 0 Å². The molecule has 1 aromatic carbocycles. The van der Waals surface area contributed by atoms with Gasteiger partial charge in [-0.2, -0.15) is 0 Å². The van der Waals surface area contributed by atoms with Crippen LogP contribution < -0.4 is 16.0 Å². The zero-order valence-corrected chi connectivity index (χ0v) is 13.4. The summed E-state index contributed by atoms with van der Waals surface area (Å²) in [4.78, 5) is 4.78. The molecular weight excluding hydrogens is 264 g/mol. The van der Waals surface area contributed by atoms with E-state index in [0.717, 1.165) is 25.4 Å². The number of hydrogen-bond donors (Lipinski definition) is 2. The van der Waals surface area contributed by atoms with Crippen LogP contribution in [0.4, 0.5) is 0 Å². The number of likely N-dealkylation sites (N-methyl/N-ethyl adjacent to an activating group) is 2. The normalized spacial score (nSPS) is 22.8. The molecule has 0 aromatic heterocycles. The fourth-order valence-corrected chi connectivity index (χ4v) is 3.06. The summed E-state index contributed by atoms with van der Waals surface area (Å²) in [6.45, 7) is 5.91. The highest BCUT2D eigenvalue weighted by Crippen LogP contribution is 2.25. The highest BCUT2D eigenvalue weighted by atomic mass is 16.5. The van der Waals surface area contributed by atoms with Gasteiger partial charge in [-0.05, 0) is 58.2 Å². The first-order valence-corrected chi connectivity index (χ1v) is 7.73. The SMILES string of the molecule is CCOc1cccc(C(NN)C2CN(C)CCCN2C)c1. The minimum atomic E-state index is 0.0935. The van der Waals surface area contributed by atoms with E-state index < -0.39 is 0 Å². The predicted molar refractivity (Wildman–Crippen MR) is 86.2 cm³/mol. The number of rotatable bonds is 5. The molecule has 2 rings (SSSR count). The van der Waals surface area contributed by atoms with Crippen molar-refractivity contribution in [1.29, 1.82) is 0 Å². The number of ether oxygens (including phenoxy) is 1. The Morgan fingerprint density at radius 3 is 2.90 bits per heavy atom. The number of hydrogen-bond acceptors (Lipinski definition) is 5. The van der Waals surface area contributed by atoms with Gasteiger partial charge in [0.25, 0.3) is 0 Å². The third kappa shape index (κ3) is 4.17. The summed E-state index contributed by atoms with van der Waals surface area (Å²) < 4.78 is 5.61. The third-order valence-electron chi connectivity index (χ3n) is 4.21. The van der Waals surface area contributed by atoms with E-state index in [1.165, 1.54) is 12.0 Å². The van der Waals surface area contributed by atoms with E-state index in [1.54, 1.807) is 0 Å². The first kappa shape index (κ1) is 16.2. The Morgan fingerprint density at radius 1 is 1.38 bits per heavy atom. The van der Waals surface area contributed by atoms with Crippen molar-refractivity contribution in [1.82, 2.24) is 15.2 Å². The van der Waals surface area contributed by atoms with E-state index in [-0.39, 0.29) is 6.04 Å². The molecule has 118 valence electrons. The molecule has 2 atom stereocenters. The molecule has 1 fully saturated rings. The summed E-state index contributed by atoms with van der Waals surface area (Å²) in [5, 5.41) is 0. The summed E-state index contributed by atoms with van der Waals surface area (Å²) in [5.41, 5.74) is 4.19. The number of nitrogens with two attached hydrogens (primary N) is 1. The van der Waals surface area contributed by atoms with Crippen LogP contribution in [0.3, 0.4) is 0 Å². The van der Waals surface area contributed by atoms with Gasteiger partial charge in [-0.3, -0.25) is 11.3 Å². The van der Waals surface area contributed by atoms with Gasteiger partial charge < -0.3 is 14.5 Å². The van der Waals surface area contributed by atoms with Gasteiger partial charge in [0, 0.05) is 12.6 Å². The fraction of sp³-hybridized carbons (Fsp3) is 0.625. The summed E-state index contributed by atoms with van der Waals surface area (Å²) in [5.74, 6) is 6.79. The first-order chi connectivity index (χ1) is 10.2. The minimum absolute atomic E-state index is 0.0935. The molecule has 3 N–H and O–H groups in total. The van der Waals surface area contributed by atoms with Crippen LogP contribution in [0.15, 0.2) is 24.3 Å². The molecule has 5 nitrogen and oxygen atoms in total. The molecule has 0 aliphatic carbocycles. The van der Waals surface area contributed by atoms with Gasteiger partial charge >= 0.3 is 0 Å². The minimum Gasteiger partial charge on any atom is -0.494 e. The lowest BCUT2D eigenvalue weighted by Crippen LogP contribution is -2.48. The van der Waals surface area contributed by atoms with E-state index in [1.807, 2.05) is 19.1 Å². The summed E-state index contributed by atoms with van der Waals surface area (Å²) in [7, 11) is 4.36. The van der Waals surface area contributed by atoms with Crippen molar-refractivity contribution in [3.05, 3.63) is 29.8 Å². The zero-order valence-electron chi connectivity index (χ0n) is 13.4. The van der Waals surface area contributed by atoms with Gasteiger partial charge in [-0.15, -0.1) is 0 Å². The maximum Gasteiger partial charge on any atom is 0.119 e. The predicted octanol–water partition coefficient (Wildman–Crippen LogP) is 1.23. The van der Waals surface area contributed by atoms with Crippen LogP contribution in [0, 0.1) is 0 Å². The summed E-state index contributed by atoms with van der Waals surface area (Å²) in [6, 6.07) is 8.67. The van der Waals surface area contributed by atoms with E-state index in [4.69, 9.17) is 10.6 Å². The van der Waals surface area contributed by atoms with Crippen molar-refractivity contribution in [3.63, 3.8) is 0 Å². The summed E-state index contributed by atoms with van der Waals surface area (Å²) >= 11 is 0. The molecule has 21 heavy (non-hydrogen) atoms. The van der Waals surface area contributed by atoms with Crippen LogP contribution in [-0.4, -0.2) is 56.2 Å². The van der Waals surface area contributed by atoms with Gasteiger partial charge in [-0.1, -0.05) is 12.1 Å². The molecule has 1 aliphatic rings. The highest BCUT2D eigenvalue weighted by molar-refractivity contribution is 5.31. The molecule has 5 heteroatoms. The molecular formula is C16H28N4O.